The van der Waals surface area contributed by atoms with E-state index >= 15 is 0 Å². The first kappa shape index (κ1) is 12.9. The van der Waals surface area contributed by atoms with Gasteiger partial charge < -0.3 is 20.3 Å². The fraction of sp³-hybridized carbons (Fsp3) is 0.455. The second-order valence-electron chi connectivity index (χ2n) is 3.14. The predicted octanol–water partition coefficient (Wildman–Crippen LogP) is 0.672. The largest absolute Gasteiger partial charge is 0.491 e. The monoisotopic (exact) mass is 229 g/mol. The fourth-order valence-corrected chi connectivity index (χ4v) is 1.17. The lowest BCUT2D eigenvalue weighted by molar-refractivity contribution is 0.0704. The minimum absolute atomic E-state index is 0.0141. The number of ether oxygens (including phenoxy) is 2. The molecule has 16 heavy (non-hydrogen) atoms. The molecular formula is C11H16FNO3. The van der Waals surface area contributed by atoms with E-state index in [-0.39, 0.29) is 25.6 Å². The molecule has 0 saturated carbocycles. The van der Waals surface area contributed by atoms with E-state index < -0.39 is 0 Å². The summed E-state index contributed by atoms with van der Waals surface area (Å²) >= 11 is 0. The Morgan fingerprint density at radius 3 is 2.69 bits per heavy atom. The Labute approximate surface area is 93.8 Å². The van der Waals surface area contributed by atoms with Crippen molar-refractivity contribution in [3.05, 3.63) is 29.6 Å². The maximum absolute atomic E-state index is 13.3. The molecular weight excluding hydrogens is 213 g/mol. The van der Waals surface area contributed by atoms with Gasteiger partial charge in [0.2, 0.25) is 0 Å². The Morgan fingerprint density at radius 1 is 1.25 bits per heavy atom. The van der Waals surface area contributed by atoms with Gasteiger partial charge in [0.25, 0.3) is 0 Å². The molecule has 0 fully saturated rings. The molecule has 0 radical (unpaired) electrons. The Hall–Kier alpha value is -1.17. The quantitative estimate of drug-likeness (QED) is 0.674. The van der Waals surface area contributed by atoms with Crippen LogP contribution >= 0.6 is 0 Å². The average molecular weight is 229 g/mol. The third-order valence-corrected chi connectivity index (χ3v) is 1.98. The van der Waals surface area contributed by atoms with E-state index in [0.29, 0.717) is 24.5 Å². The summed E-state index contributed by atoms with van der Waals surface area (Å²) in [5.41, 5.74) is 5.79. The van der Waals surface area contributed by atoms with Gasteiger partial charge in [0.05, 0.1) is 19.8 Å². The van der Waals surface area contributed by atoms with Crippen LogP contribution < -0.4 is 10.5 Å². The lowest BCUT2D eigenvalue weighted by Crippen LogP contribution is -2.09. The molecule has 1 aromatic rings. The van der Waals surface area contributed by atoms with Gasteiger partial charge in [0.1, 0.15) is 18.2 Å². The van der Waals surface area contributed by atoms with Crippen LogP contribution in [0.2, 0.25) is 0 Å². The first-order chi connectivity index (χ1) is 7.77. The summed E-state index contributed by atoms with van der Waals surface area (Å²) < 4.78 is 23.5. The number of benzene rings is 1. The minimum atomic E-state index is -0.365. The highest BCUT2D eigenvalue weighted by molar-refractivity contribution is 5.28. The second-order valence-corrected chi connectivity index (χ2v) is 3.14. The molecule has 0 spiro atoms. The molecule has 5 heteroatoms. The molecule has 1 rings (SSSR count). The third-order valence-electron chi connectivity index (χ3n) is 1.98. The summed E-state index contributed by atoms with van der Waals surface area (Å²) in [4.78, 5) is 0. The van der Waals surface area contributed by atoms with Crippen molar-refractivity contribution in [2.75, 3.05) is 26.4 Å². The summed E-state index contributed by atoms with van der Waals surface area (Å²) in [6.07, 6.45) is 0. The van der Waals surface area contributed by atoms with Crippen LogP contribution in [0, 0.1) is 5.82 Å². The SMILES string of the molecule is NCc1ccc(OCCOCCO)cc1F. The number of aliphatic hydroxyl groups is 1. The van der Waals surface area contributed by atoms with Crippen molar-refractivity contribution in [3.63, 3.8) is 0 Å². The zero-order chi connectivity index (χ0) is 11.8. The molecule has 0 atom stereocenters. The van der Waals surface area contributed by atoms with Gasteiger partial charge in [-0.1, -0.05) is 6.07 Å². The van der Waals surface area contributed by atoms with Gasteiger partial charge in [-0.2, -0.15) is 0 Å². The van der Waals surface area contributed by atoms with Crippen molar-refractivity contribution in [2.45, 2.75) is 6.54 Å². The van der Waals surface area contributed by atoms with Crippen LogP contribution in [-0.2, 0) is 11.3 Å². The van der Waals surface area contributed by atoms with Gasteiger partial charge in [0.15, 0.2) is 0 Å². The highest BCUT2D eigenvalue weighted by Crippen LogP contribution is 2.16. The Kier molecular flexibility index (Phi) is 5.77. The van der Waals surface area contributed by atoms with Crippen LogP contribution in [0.3, 0.4) is 0 Å². The maximum Gasteiger partial charge on any atom is 0.131 e. The van der Waals surface area contributed by atoms with Crippen molar-refractivity contribution in [2.24, 2.45) is 5.73 Å². The molecule has 0 aromatic heterocycles. The minimum Gasteiger partial charge on any atom is -0.491 e. The summed E-state index contributed by atoms with van der Waals surface area (Å²) in [6.45, 7) is 1.12. The topological polar surface area (TPSA) is 64.7 Å². The van der Waals surface area contributed by atoms with Crippen molar-refractivity contribution < 1.29 is 19.0 Å². The predicted molar refractivity (Wildman–Crippen MR) is 57.7 cm³/mol. The lowest BCUT2D eigenvalue weighted by atomic mass is 10.2. The van der Waals surface area contributed by atoms with Gasteiger partial charge in [-0.15, -0.1) is 0 Å². The molecule has 1 aromatic carbocycles. The molecule has 0 aliphatic carbocycles. The first-order valence-electron chi connectivity index (χ1n) is 5.08. The molecule has 0 amide bonds. The number of aliphatic hydroxyl groups excluding tert-OH is 1. The molecule has 0 aliphatic heterocycles. The normalized spacial score (nSPS) is 10.4. The molecule has 4 nitrogen and oxygen atoms in total. The number of halogens is 1. The van der Waals surface area contributed by atoms with Gasteiger partial charge in [-0.25, -0.2) is 4.39 Å². The first-order valence-corrected chi connectivity index (χ1v) is 5.08. The van der Waals surface area contributed by atoms with Crippen LogP contribution in [0.1, 0.15) is 5.56 Å². The third kappa shape index (κ3) is 4.14. The Morgan fingerprint density at radius 2 is 2.06 bits per heavy atom. The van der Waals surface area contributed by atoms with E-state index in [4.69, 9.17) is 20.3 Å². The standard InChI is InChI=1S/C11H16FNO3/c12-11-7-10(2-1-9(11)8-13)16-6-5-15-4-3-14/h1-2,7,14H,3-6,8,13H2. The number of hydrogen-bond acceptors (Lipinski definition) is 4. The summed E-state index contributed by atoms with van der Waals surface area (Å²) in [6, 6.07) is 4.56. The average Bonchev–Trinajstić information content (AvgIpc) is 2.29. The molecule has 0 heterocycles. The van der Waals surface area contributed by atoms with Gasteiger partial charge >= 0.3 is 0 Å². The number of nitrogens with two attached hydrogens (primary N) is 1. The zero-order valence-corrected chi connectivity index (χ0v) is 8.99. The zero-order valence-electron chi connectivity index (χ0n) is 8.99. The highest BCUT2D eigenvalue weighted by Gasteiger charge is 2.02. The molecule has 0 aliphatic rings. The maximum atomic E-state index is 13.3. The smallest absolute Gasteiger partial charge is 0.131 e. The number of hydrogen-bond donors (Lipinski definition) is 2. The van der Waals surface area contributed by atoms with E-state index in [1.54, 1.807) is 12.1 Å². The van der Waals surface area contributed by atoms with Crippen LogP contribution in [0.15, 0.2) is 18.2 Å². The van der Waals surface area contributed by atoms with Crippen molar-refractivity contribution in [1.29, 1.82) is 0 Å². The summed E-state index contributed by atoms with van der Waals surface area (Å²) in [7, 11) is 0. The number of rotatable bonds is 7. The van der Waals surface area contributed by atoms with Crippen LogP contribution in [0.4, 0.5) is 4.39 Å². The van der Waals surface area contributed by atoms with Crippen molar-refractivity contribution in [3.8, 4) is 5.75 Å². The lowest BCUT2D eigenvalue weighted by Gasteiger charge is -2.07. The van der Waals surface area contributed by atoms with Crippen LogP contribution in [0.25, 0.3) is 0 Å². The molecule has 3 N–H and O–H groups in total. The molecule has 90 valence electrons. The fourth-order valence-electron chi connectivity index (χ4n) is 1.17. The Bertz CT molecular complexity index is 320. The van der Waals surface area contributed by atoms with E-state index in [1.165, 1.54) is 6.07 Å². The summed E-state index contributed by atoms with van der Waals surface area (Å²) in [5, 5.41) is 8.45. The van der Waals surface area contributed by atoms with E-state index in [2.05, 4.69) is 0 Å². The van der Waals surface area contributed by atoms with E-state index in [0.717, 1.165) is 0 Å². The summed E-state index contributed by atoms with van der Waals surface area (Å²) in [5.74, 6) is 0.0820. The van der Waals surface area contributed by atoms with Gasteiger partial charge in [0, 0.05) is 18.2 Å². The molecule has 0 saturated heterocycles. The Balaban J connectivity index is 2.34. The van der Waals surface area contributed by atoms with Crippen molar-refractivity contribution in [1.82, 2.24) is 0 Å². The van der Waals surface area contributed by atoms with Gasteiger partial charge in [-0.3, -0.25) is 0 Å². The van der Waals surface area contributed by atoms with E-state index in [1.807, 2.05) is 0 Å². The molecule has 0 bridgehead atoms. The van der Waals surface area contributed by atoms with E-state index in [9.17, 15) is 4.39 Å². The van der Waals surface area contributed by atoms with Gasteiger partial charge in [-0.05, 0) is 6.07 Å². The van der Waals surface area contributed by atoms with Crippen molar-refractivity contribution >= 4 is 0 Å². The van der Waals surface area contributed by atoms with Crippen LogP contribution in [0.5, 0.6) is 5.75 Å². The second kappa shape index (κ2) is 7.16. The molecule has 0 unspecified atom stereocenters. The highest BCUT2D eigenvalue weighted by atomic mass is 19.1. The van der Waals surface area contributed by atoms with Crippen LogP contribution in [-0.4, -0.2) is 31.5 Å².